The van der Waals surface area contributed by atoms with Crippen LogP contribution in [-0.2, 0) is 6.54 Å². The van der Waals surface area contributed by atoms with Gasteiger partial charge < -0.3 is 10.3 Å². The molecule has 0 radical (unpaired) electrons. The van der Waals surface area contributed by atoms with Crippen LogP contribution in [0.1, 0.15) is 32.3 Å². The minimum absolute atomic E-state index is 0.810. The Morgan fingerprint density at radius 2 is 2.12 bits per heavy atom. The van der Waals surface area contributed by atoms with Gasteiger partial charge in [-0.2, -0.15) is 0 Å². The van der Waals surface area contributed by atoms with Crippen molar-refractivity contribution in [3.8, 4) is 0 Å². The smallest absolute Gasteiger partial charge is 0.0457 e. The first kappa shape index (κ1) is 12.2. The molecule has 1 heterocycles. The Balaban J connectivity index is 1.84. The number of hydrogen-bond donors (Lipinski definition) is 2. The highest BCUT2D eigenvalue weighted by molar-refractivity contribution is 5.82. The van der Waals surface area contributed by atoms with Crippen LogP contribution in [0.25, 0.3) is 10.9 Å². The molecular weight excluding hydrogens is 208 g/mol. The number of nitrogens with one attached hydrogen (secondary N) is 2. The Labute approximate surface area is 103 Å². The molecule has 2 rings (SSSR count). The van der Waals surface area contributed by atoms with Gasteiger partial charge in [0.2, 0.25) is 0 Å². The van der Waals surface area contributed by atoms with E-state index in [1.54, 1.807) is 0 Å². The van der Waals surface area contributed by atoms with Crippen molar-refractivity contribution >= 4 is 10.9 Å². The van der Waals surface area contributed by atoms with Gasteiger partial charge in [-0.1, -0.05) is 26.0 Å². The summed E-state index contributed by atoms with van der Waals surface area (Å²) in [6.07, 6.45) is 4.58. The summed E-state index contributed by atoms with van der Waals surface area (Å²) in [5, 5.41) is 4.86. The lowest BCUT2D eigenvalue weighted by Gasteiger charge is -2.07. The first-order valence-electron chi connectivity index (χ1n) is 6.53. The zero-order valence-electron chi connectivity index (χ0n) is 10.8. The second-order valence-electron chi connectivity index (χ2n) is 5.07. The molecule has 0 bridgehead atoms. The Kier molecular flexibility index (Phi) is 4.21. The highest BCUT2D eigenvalue weighted by Crippen LogP contribution is 2.16. The van der Waals surface area contributed by atoms with Crippen LogP contribution in [0.15, 0.2) is 30.5 Å². The molecule has 0 aliphatic rings. The zero-order chi connectivity index (χ0) is 12.1. The standard InChI is InChI=1S/C15H22N2/c1-12(2)5-4-9-16-11-13-6-3-7-15-14(13)8-10-17-15/h3,6-8,10,12,16-17H,4-5,9,11H2,1-2H3. The van der Waals surface area contributed by atoms with E-state index in [4.69, 9.17) is 0 Å². The van der Waals surface area contributed by atoms with Crippen LogP contribution in [-0.4, -0.2) is 11.5 Å². The molecule has 92 valence electrons. The maximum Gasteiger partial charge on any atom is 0.0457 e. The summed E-state index contributed by atoms with van der Waals surface area (Å²) in [6, 6.07) is 8.59. The van der Waals surface area contributed by atoms with Crippen LogP contribution in [0.5, 0.6) is 0 Å². The van der Waals surface area contributed by atoms with Crippen molar-refractivity contribution in [2.24, 2.45) is 5.92 Å². The van der Waals surface area contributed by atoms with Crippen molar-refractivity contribution in [3.63, 3.8) is 0 Å². The van der Waals surface area contributed by atoms with Gasteiger partial charge >= 0.3 is 0 Å². The van der Waals surface area contributed by atoms with E-state index >= 15 is 0 Å². The van der Waals surface area contributed by atoms with Gasteiger partial charge in [0.25, 0.3) is 0 Å². The molecule has 2 heteroatoms. The predicted molar refractivity (Wildman–Crippen MR) is 74.1 cm³/mol. The van der Waals surface area contributed by atoms with E-state index in [2.05, 4.69) is 48.4 Å². The molecule has 0 aliphatic carbocycles. The SMILES string of the molecule is CC(C)CCCNCc1cccc2[nH]ccc12. The number of H-pyrrole nitrogens is 1. The Bertz CT molecular complexity index is 457. The van der Waals surface area contributed by atoms with Crippen LogP contribution in [0, 0.1) is 5.92 Å². The van der Waals surface area contributed by atoms with Crippen molar-refractivity contribution < 1.29 is 0 Å². The third kappa shape index (κ3) is 3.34. The Morgan fingerprint density at radius 1 is 1.24 bits per heavy atom. The molecule has 0 saturated carbocycles. The maximum absolute atomic E-state index is 3.53. The van der Waals surface area contributed by atoms with Gasteiger partial charge in [0, 0.05) is 23.6 Å². The largest absolute Gasteiger partial charge is 0.361 e. The van der Waals surface area contributed by atoms with Crippen LogP contribution < -0.4 is 5.32 Å². The molecule has 0 amide bonds. The fourth-order valence-corrected chi connectivity index (χ4v) is 2.16. The zero-order valence-corrected chi connectivity index (χ0v) is 10.8. The molecule has 2 nitrogen and oxygen atoms in total. The van der Waals surface area contributed by atoms with E-state index in [0.29, 0.717) is 0 Å². The third-order valence-corrected chi connectivity index (χ3v) is 3.14. The molecule has 2 N–H and O–H groups in total. The van der Waals surface area contributed by atoms with E-state index in [1.165, 1.54) is 29.3 Å². The van der Waals surface area contributed by atoms with Crippen molar-refractivity contribution in [1.82, 2.24) is 10.3 Å². The number of fused-ring (bicyclic) bond motifs is 1. The van der Waals surface area contributed by atoms with Crippen molar-refractivity contribution in [3.05, 3.63) is 36.0 Å². The lowest BCUT2D eigenvalue weighted by Crippen LogP contribution is -2.15. The van der Waals surface area contributed by atoms with Gasteiger partial charge in [0.05, 0.1) is 0 Å². The summed E-state index contributed by atoms with van der Waals surface area (Å²) in [5.74, 6) is 0.810. The number of aromatic amines is 1. The number of hydrogen-bond acceptors (Lipinski definition) is 1. The number of aromatic nitrogens is 1. The van der Waals surface area contributed by atoms with Crippen LogP contribution in [0.2, 0.25) is 0 Å². The number of rotatable bonds is 6. The lowest BCUT2D eigenvalue weighted by molar-refractivity contribution is 0.528. The summed E-state index contributed by atoms with van der Waals surface area (Å²) in [6.45, 7) is 6.63. The second kappa shape index (κ2) is 5.87. The molecule has 0 aliphatic heterocycles. The van der Waals surface area contributed by atoms with Gasteiger partial charge in [0.1, 0.15) is 0 Å². The van der Waals surface area contributed by atoms with Gasteiger partial charge in [-0.25, -0.2) is 0 Å². The van der Waals surface area contributed by atoms with E-state index in [-0.39, 0.29) is 0 Å². The van der Waals surface area contributed by atoms with Gasteiger partial charge in [-0.05, 0) is 43.0 Å². The molecule has 0 unspecified atom stereocenters. The van der Waals surface area contributed by atoms with Crippen molar-refractivity contribution in [2.75, 3.05) is 6.54 Å². The van der Waals surface area contributed by atoms with E-state index in [0.717, 1.165) is 19.0 Å². The molecular formula is C15H22N2. The summed E-state index contributed by atoms with van der Waals surface area (Å²) in [4.78, 5) is 3.25. The summed E-state index contributed by atoms with van der Waals surface area (Å²) >= 11 is 0. The van der Waals surface area contributed by atoms with E-state index in [1.807, 2.05) is 6.20 Å². The van der Waals surface area contributed by atoms with Crippen LogP contribution in [0.4, 0.5) is 0 Å². The molecule has 0 fully saturated rings. The minimum atomic E-state index is 0.810. The predicted octanol–water partition coefficient (Wildman–Crippen LogP) is 3.69. The summed E-state index contributed by atoms with van der Waals surface area (Å²) < 4.78 is 0. The van der Waals surface area contributed by atoms with E-state index < -0.39 is 0 Å². The Hall–Kier alpha value is -1.28. The molecule has 1 aromatic carbocycles. The first-order valence-corrected chi connectivity index (χ1v) is 6.53. The monoisotopic (exact) mass is 230 g/mol. The Morgan fingerprint density at radius 3 is 2.94 bits per heavy atom. The second-order valence-corrected chi connectivity index (χ2v) is 5.07. The average Bonchev–Trinajstić information content (AvgIpc) is 2.77. The molecule has 2 aromatic rings. The molecule has 0 saturated heterocycles. The topological polar surface area (TPSA) is 27.8 Å². The van der Waals surface area contributed by atoms with Crippen molar-refractivity contribution in [2.45, 2.75) is 33.2 Å². The van der Waals surface area contributed by atoms with E-state index in [9.17, 15) is 0 Å². The molecule has 17 heavy (non-hydrogen) atoms. The molecule has 0 spiro atoms. The van der Waals surface area contributed by atoms with Crippen LogP contribution in [0.3, 0.4) is 0 Å². The van der Waals surface area contributed by atoms with Gasteiger partial charge in [0.15, 0.2) is 0 Å². The van der Waals surface area contributed by atoms with Gasteiger partial charge in [-0.15, -0.1) is 0 Å². The lowest BCUT2D eigenvalue weighted by atomic mass is 10.1. The normalized spacial score (nSPS) is 11.5. The van der Waals surface area contributed by atoms with Gasteiger partial charge in [-0.3, -0.25) is 0 Å². The highest BCUT2D eigenvalue weighted by Gasteiger charge is 2.00. The third-order valence-electron chi connectivity index (χ3n) is 3.14. The minimum Gasteiger partial charge on any atom is -0.361 e. The maximum atomic E-state index is 3.53. The molecule has 1 aromatic heterocycles. The quantitative estimate of drug-likeness (QED) is 0.728. The van der Waals surface area contributed by atoms with Crippen LogP contribution >= 0.6 is 0 Å². The number of benzene rings is 1. The summed E-state index contributed by atoms with van der Waals surface area (Å²) in [5.41, 5.74) is 2.61. The average molecular weight is 230 g/mol. The van der Waals surface area contributed by atoms with Crippen molar-refractivity contribution in [1.29, 1.82) is 0 Å². The summed E-state index contributed by atoms with van der Waals surface area (Å²) in [7, 11) is 0. The molecule has 0 atom stereocenters. The first-order chi connectivity index (χ1) is 8.27. The fraction of sp³-hybridized carbons (Fsp3) is 0.467. The highest BCUT2D eigenvalue weighted by atomic mass is 14.8. The fourth-order valence-electron chi connectivity index (χ4n) is 2.16.